The highest BCUT2D eigenvalue weighted by Gasteiger charge is 2.48. The van der Waals surface area contributed by atoms with E-state index in [9.17, 15) is 13.6 Å². The number of alkyl halides is 1. The third-order valence-corrected chi connectivity index (χ3v) is 4.09. The van der Waals surface area contributed by atoms with Crippen molar-refractivity contribution >= 4 is 11.8 Å². The number of nitrogens with zero attached hydrogens (tertiary/aromatic N) is 3. The van der Waals surface area contributed by atoms with E-state index in [-0.39, 0.29) is 12.2 Å². The van der Waals surface area contributed by atoms with Crippen LogP contribution in [0.1, 0.15) is 24.3 Å². The predicted molar refractivity (Wildman–Crippen MR) is 76.8 cm³/mol. The molecular formula is C15H15F2N3O2. The fourth-order valence-corrected chi connectivity index (χ4v) is 2.55. The molecule has 1 saturated heterocycles. The van der Waals surface area contributed by atoms with E-state index >= 15 is 0 Å². The molecule has 1 aromatic heterocycles. The third kappa shape index (κ3) is 2.22. The number of anilines is 1. The van der Waals surface area contributed by atoms with Crippen LogP contribution in [0.15, 0.2) is 30.3 Å². The minimum atomic E-state index is -1.33. The normalized spacial score (nSPS) is 24.2. The van der Waals surface area contributed by atoms with Gasteiger partial charge in [0.1, 0.15) is 17.3 Å². The Hall–Kier alpha value is -2.44. The second-order valence-electron chi connectivity index (χ2n) is 5.66. The number of aromatic nitrogens is 2. The van der Waals surface area contributed by atoms with Crippen molar-refractivity contribution in [3.63, 3.8) is 0 Å². The number of carboxylic acids is 1. The molecule has 0 saturated carbocycles. The van der Waals surface area contributed by atoms with E-state index in [1.54, 1.807) is 11.8 Å². The summed E-state index contributed by atoms with van der Waals surface area (Å²) in [6, 6.07) is 6.52. The lowest BCUT2D eigenvalue weighted by molar-refractivity contribution is 0.0690. The van der Waals surface area contributed by atoms with Crippen molar-refractivity contribution in [1.29, 1.82) is 0 Å². The molecule has 1 aliphatic rings. The summed E-state index contributed by atoms with van der Waals surface area (Å²) in [6.45, 7) is 3.39. The molecule has 22 heavy (non-hydrogen) atoms. The molecule has 0 unspecified atom stereocenters. The summed E-state index contributed by atoms with van der Waals surface area (Å²) in [5.74, 6) is -1.09. The van der Waals surface area contributed by atoms with Crippen molar-refractivity contribution < 1.29 is 18.7 Å². The second-order valence-corrected chi connectivity index (χ2v) is 5.66. The van der Waals surface area contributed by atoms with Crippen LogP contribution in [0.5, 0.6) is 0 Å². The summed E-state index contributed by atoms with van der Waals surface area (Å²) in [6.07, 6.45) is 0. The van der Waals surface area contributed by atoms with Gasteiger partial charge in [-0.1, -0.05) is 0 Å². The molecule has 116 valence electrons. The summed E-state index contributed by atoms with van der Waals surface area (Å²) in [5, 5.41) is 13.2. The van der Waals surface area contributed by atoms with Crippen molar-refractivity contribution in [2.45, 2.75) is 25.6 Å². The van der Waals surface area contributed by atoms with Crippen LogP contribution in [0, 0.1) is 5.82 Å². The van der Waals surface area contributed by atoms with Crippen LogP contribution in [-0.4, -0.2) is 39.1 Å². The highest BCUT2D eigenvalue weighted by Crippen LogP contribution is 2.37. The van der Waals surface area contributed by atoms with Gasteiger partial charge in [-0.15, -0.1) is 0 Å². The van der Waals surface area contributed by atoms with E-state index in [0.29, 0.717) is 11.5 Å². The van der Waals surface area contributed by atoms with Gasteiger partial charge >= 0.3 is 5.97 Å². The van der Waals surface area contributed by atoms with Crippen LogP contribution in [0.4, 0.5) is 14.6 Å². The van der Waals surface area contributed by atoms with Gasteiger partial charge in [0, 0.05) is 6.07 Å². The van der Waals surface area contributed by atoms with Crippen molar-refractivity contribution in [1.82, 2.24) is 9.78 Å². The molecule has 1 fully saturated rings. The Morgan fingerprint density at radius 2 is 2.05 bits per heavy atom. The molecule has 2 atom stereocenters. The summed E-state index contributed by atoms with van der Waals surface area (Å²) in [4.78, 5) is 12.9. The lowest BCUT2D eigenvalue weighted by Crippen LogP contribution is -2.65. The Labute approximate surface area is 125 Å². The molecule has 0 bridgehead atoms. The van der Waals surface area contributed by atoms with E-state index in [2.05, 4.69) is 5.10 Å². The van der Waals surface area contributed by atoms with Crippen LogP contribution in [0.2, 0.25) is 0 Å². The SMILES string of the molecule is C[C@H]1N(c2cc(C(=O)O)nn2-c2ccc(F)cc2)C[C@@]1(C)F. The number of aromatic carboxylic acids is 1. The van der Waals surface area contributed by atoms with Gasteiger partial charge in [-0.3, -0.25) is 0 Å². The maximum atomic E-state index is 14.0. The molecule has 2 heterocycles. The molecule has 1 N–H and O–H groups in total. The van der Waals surface area contributed by atoms with Crippen LogP contribution in [0.25, 0.3) is 5.69 Å². The van der Waals surface area contributed by atoms with Gasteiger partial charge in [-0.2, -0.15) is 5.10 Å². The maximum absolute atomic E-state index is 14.0. The summed E-state index contributed by atoms with van der Waals surface area (Å²) in [5.41, 5.74) is -0.955. The lowest BCUT2D eigenvalue weighted by atomic mass is 9.88. The Morgan fingerprint density at radius 1 is 1.41 bits per heavy atom. The zero-order valence-electron chi connectivity index (χ0n) is 12.1. The maximum Gasteiger partial charge on any atom is 0.356 e. The zero-order chi connectivity index (χ0) is 16.1. The zero-order valence-corrected chi connectivity index (χ0v) is 12.1. The van der Waals surface area contributed by atoms with Gasteiger partial charge in [-0.05, 0) is 38.1 Å². The van der Waals surface area contributed by atoms with Gasteiger partial charge in [-0.25, -0.2) is 18.3 Å². The highest BCUT2D eigenvalue weighted by molar-refractivity contribution is 5.86. The molecular weight excluding hydrogens is 292 g/mol. The van der Waals surface area contributed by atoms with E-state index in [1.165, 1.54) is 41.9 Å². The lowest BCUT2D eigenvalue weighted by Gasteiger charge is -2.50. The molecule has 7 heteroatoms. The summed E-state index contributed by atoms with van der Waals surface area (Å²) in [7, 11) is 0. The molecule has 3 rings (SSSR count). The van der Waals surface area contributed by atoms with E-state index < -0.39 is 23.5 Å². The number of rotatable bonds is 3. The van der Waals surface area contributed by atoms with Crippen LogP contribution in [-0.2, 0) is 0 Å². The topological polar surface area (TPSA) is 58.4 Å². The number of carboxylic acid groups (broad SMARTS) is 1. The number of hydrogen-bond donors (Lipinski definition) is 1. The van der Waals surface area contributed by atoms with Gasteiger partial charge in [0.25, 0.3) is 0 Å². The van der Waals surface area contributed by atoms with Gasteiger partial charge in [0.15, 0.2) is 5.69 Å². The molecule has 1 aromatic carbocycles. The van der Waals surface area contributed by atoms with Gasteiger partial charge in [0.2, 0.25) is 0 Å². The fourth-order valence-electron chi connectivity index (χ4n) is 2.55. The van der Waals surface area contributed by atoms with Crippen molar-refractivity contribution in [3.8, 4) is 5.69 Å². The fraction of sp³-hybridized carbons (Fsp3) is 0.333. The molecule has 1 aliphatic heterocycles. The summed E-state index contributed by atoms with van der Waals surface area (Å²) < 4.78 is 28.5. The Kier molecular flexibility index (Phi) is 3.16. The van der Waals surface area contributed by atoms with Crippen molar-refractivity contribution in [2.24, 2.45) is 0 Å². The molecule has 0 amide bonds. The molecule has 0 spiro atoms. The predicted octanol–water partition coefficient (Wildman–Crippen LogP) is 2.65. The Bertz CT molecular complexity index is 725. The number of halogens is 2. The van der Waals surface area contributed by atoms with Crippen LogP contribution < -0.4 is 4.90 Å². The van der Waals surface area contributed by atoms with Gasteiger partial charge in [0.05, 0.1) is 18.3 Å². The van der Waals surface area contributed by atoms with Gasteiger partial charge < -0.3 is 10.0 Å². The largest absolute Gasteiger partial charge is 0.476 e. The molecule has 5 nitrogen and oxygen atoms in total. The summed E-state index contributed by atoms with van der Waals surface area (Å²) >= 11 is 0. The second kappa shape index (κ2) is 4.79. The quantitative estimate of drug-likeness (QED) is 0.947. The third-order valence-electron chi connectivity index (χ3n) is 4.09. The smallest absolute Gasteiger partial charge is 0.356 e. The average molecular weight is 307 g/mol. The Balaban J connectivity index is 2.05. The monoisotopic (exact) mass is 307 g/mol. The first-order valence-electron chi connectivity index (χ1n) is 6.84. The number of carbonyl (C=O) groups is 1. The van der Waals surface area contributed by atoms with E-state index in [0.717, 1.165) is 0 Å². The first-order valence-corrected chi connectivity index (χ1v) is 6.84. The first-order chi connectivity index (χ1) is 10.3. The first kappa shape index (κ1) is 14.5. The van der Waals surface area contributed by atoms with Crippen molar-refractivity contribution in [2.75, 3.05) is 11.4 Å². The van der Waals surface area contributed by atoms with E-state index in [4.69, 9.17) is 5.11 Å². The minimum Gasteiger partial charge on any atom is -0.476 e. The van der Waals surface area contributed by atoms with Crippen molar-refractivity contribution in [3.05, 3.63) is 41.8 Å². The Morgan fingerprint density at radius 3 is 2.55 bits per heavy atom. The molecule has 0 radical (unpaired) electrons. The average Bonchev–Trinajstić information content (AvgIpc) is 2.90. The standard InChI is InChI=1S/C15H15F2N3O2/c1-9-15(2,17)8-19(9)13-7-12(14(21)22)18-20(13)11-5-3-10(16)4-6-11/h3-7,9H,8H2,1-2H3,(H,21,22)/t9-,15-/m1/s1. The van der Waals surface area contributed by atoms with Crippen LogP contribution >= 0.6 is 0 Å². The molecule has 2 aromatic rings. The van der Waals surface area contributed by atoms with Crippen LogP contribution in [0.3, 0.4) is 0 Å². The molecule has 0 aliphatic carbocycles. The van der Waals surface area contributed by atoms with E-state index in [1.807, 2.05) is 0 Å². The highest BCUT2D eigenvalue weighted by atomic mass is 19.1. The number of hydrogen-bond acceptors (Lipinski definition) is 3. The number of benzene rings is 1. The minimum absolute atomic E-state index is 0.140.